The highest BCUT2D eigenvalue weighted by molar-refractivity contribution is 5.94. The molecule has 1 atom stereocenters. The van der Waals surface area contributed by atoms with E-state index in [9.17, 15) is 9.59 Å². The highest BCUT2D eigenvalue weighted by atomic mass is 16.2. The first-order chi connectivity index (χ1) is 15.0. The predicted molar refractivity (Wildman–Crippen MR) is 122 cm³/mol. The Morgan fingerprint density at radius 1 is 1.03 bits per heavy atom. The number of aromatic nitrogens is 2. The van der Waals surface area contributed by atoms with Gasteiger partial charge in [0.05, 0.1) is 11.7 Å². The minimum atomic E-state index is -0.218. The molecule has 1 aromatic heterocycles. The molecule has 2 heterocycles. The van der Waals surface area contributed by atoms with Crippen molar-refractivity contribution in [1.29, 1.82) is 0 Å². The molecule has 0 fully saturated rings. The third-order valence-electron chi connectivity index (χ3n) is 5.67. The molecule has 6 nitrogen and oxygen atoms in total. The van der Waals surface area contributed by atoms with Crippen LogP contribution in [0, 0.1) is 0 Å². The second kappa shape index (κ2) is 9.16. The van der Waals surface area contributed by atoms with Crippen molar-refractivity contribution in [3.63, 3.8) is 0 Å². The molecule has 0 saturated carbocycles. The SMILES string of the molecule is CC(=O)Nc1cccc(C(C)NC(=O)c2nc(-c3ccccc3)n3c2CCCCC3)c1. The van der Waals surface area contributed by atoms with Gasteiger partial charge in [-0.1, -0.05) is 48.9 Å². The van der Waals surface area contributed by atoms with Gasteiger partial charge < -0.3 is 15.2 Å². The van der Waals surface area contributed by atoms with Crippen molar-refractivity contribution < 1.29 is 9.59 Å². The van der Waals surface area contributed by atoms with Crippen LogP contribution >= 0.6 is 0 Å². The fraction of sp³-hybridized carbons (Fsp3) is 0.320. The summed E-state index contributed by atoms with van der Waals surface area (Å²) in [6, 6.07) is 17.4. The molecule has 6 heteroatoms. The lowest BCUT2D eigenvalue weighted by atomic mass is 10.1. The van der Waals surface area contributed by atoms with Crippen molar-refractivity contribution in [1.82, 2.24) is 14.9 Å². The van der Waals surface area contributed by atoms with E-state index in [4.69, 9.17) is 4.98 Å². The summed E-state index contributed by atoms with van der Waals surface area (Å²) in [5, 5.41) is 5.89. The number of anilines is 1. The molecule has 2 amide bonds. The van der Waals surface area contributed by atoms with E-state index in [0.717, 1.165) is 54.9 Å². The maximum atomic E-state index is 13.3. The van der Waals surface area contributed by atoms with E-state index in [1.165, 1.54) is 6.92 Å². The Hall–Kier alpha value is -3.41. The molecule has 31 heavy (non-hydrogen) atoms. The highest BCUT2D eigenvalue weighted by Crippen LogP contribution is 2.27. The van der Waals surface area contributed by atoms with E-state index in [0.29, 0.717) is 11.4 Å². The lowest BCUT2D eigenvalue weighted by Gasteiger charge is -2.15. The first-order valence-electron chi connectivity index (χ1n) is 10.9. The molecule has 160 valence electrons. The average molecular weight is 417 g/mol. The van der Waals surface area contributed by atoms with Gasteiger partial charge in [-0.05, 0) is 43.9 Å². The monoisotopic (exact) mass is 416 g/mol. The van der Waals surface area contributed by atoms with E-state index < -0.39 is 0 Å². The molecule has 4 rings (SSSR count). The van der Waals surface area contributed by atoms with Crippen LogP contribution in [-0.4, -0.2) is 21.4 Å². The molecule has 0 bridgehead atoms. The van der Waals surface area contributed by atoms with Crippen molar-refractivity contribution in [3.8, 4) is 11.4 Å². The van der Waals surface area contributed by atoms with Crippen LogP contribution in [0.25, 0.3) is 11.4 Å². The fourth-order valence-corrected chi connectivity index (χ4v) is 4.15. The Labute approximate surface area is 182 Å². The number of nitrogens with one attached hydrogen (secondary N) is 2. The first kappa shape index (κ1) is 20.8. The van der Waals surface area contributed by atoms with Crippen LogP contribution in [0.15, 0.2) is 54.6 Å². The normalized spacial score (nSPS) is 14.3. The molecule has 0 radical (unpaired) electrons. The van der Waals surface area contributed by atoms with E-state index in [-0.39, 0.29) is 17.9 Å². The predicted octanol–water partition coefficient (Wildman–Crippen LogP) is 4.73. The number of benzene rings is 2. The van der Waals surface area contributed by atoms with Gasteiger partial charge >= 0.3 is 0 Å². The Kier molecular flexibility index (Phi) is 6.16. The zero-order valence-electron chi connectivity index (χ0n) is 18.0. The number of imidazole rings is 1. The molecule has 1 aliphatic rings. The van der Waals surface area contributed by atoms with Crippen LogP contribution in [0.4, 0.5) is 5.69 Å². The first-order valence-corrected chi connectivity index (χ1v) is 10.9. The topological polar surface area (TPSA) is 76.0 Å². The summed E-state index contributed by atoms with van der Waals surface area (Å²) in [6.45, 7) is 4.30. The summed E-state index contributed by atoms with van der Waals surface area (Å²) in [5.41, 5.74) is 4.21. The zero-order chi connectivity index (χ0) is 21.8. The van der Waals surface area contributed by atoms with Gasteiger partial charge in [-0.2, -0.15) is 0 Å². The molecular weight excluding hydrogens is 388 g/mol. The van der Waals surface area contributed by atoms with E-state index >= 15 is 0 Å². The number of nitrogens with zero attached hydrogens (tertiary/aromatic N) is 2. The number of amides is 2. The molecule has 0 aliphatic carbocycles. The summed E-state index contributed by atoms with van der Waals surface area (Å²) in [4.78, 5) is 29.4. The van der Waals surface area contributed by atoms with Gasteiger partial charge in [-0.25, -0.2) is 4.98 Å². The third-order valence-corrected chi connectivity index (χ3v) is 5.67. The van der Waals surface area contributed by atoms with E-state index in [1.54, 1.807) is 0 Å². The van der Waals surface area contributed by atoms with Crippen molar-refractivity contribution >= 4 is 17.5 Å². The van der Waals surface area contributed by atoms with Crippen LogP contribution in [0.3, 0.4) is 0 Å². The Morgan fingerprint density at radius 3 is 2.61 bits per heavy atom. The second-order valence-corrected chi connectivity index (χ2v) is 8.06. The van der Waals surface area contributed by atoms with Crippen molar-refractivity contribution in [2.24, 2.45) is 0 Å². The summed E-state index contributed by atoms with van der Waals surface area (Å²) in [7, 11) is 0. The molecule has 1 aliphatic heterocycles. The van der Waals surface area contributed by atoms with Crippen LogP contribution in [0.5, 0.6) is 0 Å². The van der Waals surface area contributed by atoms with Gasteiger partial charge in [0.1, 0.15) is 11.5 Å². The summed E-state index contributed by atoms with van der Waals surface area (Å²) in [6.07, 6.45) is 4.17. The van der Waals surface area contributed by atoms with Crippen molar-refractivity contribution in [3.05, 3.63) is 71.5 Å². The van der Waals surface area contributed by atoms with Gasteiger partial charge in [-0.15, -0.1) is 0 Å². The van der Waals surface area contributed by atoms with Gasteiger partial charge in [0.25, 0.3) is 5.91 Å². The second-order valence-electron chi connectivity index (χ2n) is 8.06. The molecular formula is C25H28N4O2. The van der Waals surface area contributed by atoms with Gasteiger partial charge in [0, 0.05) is 24.7 Å². The van der Waals surface area contributed by atoms with Crippen molar-refractivity contribution in [2.45, 2.75) is 52.1 Å². The minimum Gasteiger partial charge on any atom is -0.344 e. The summed E-state index contributed by atoms with van der Waals surface area (Å²) >= 11 is 0. The zero-order valence-corrected chi connectivity index (χ0v) is 18.0. The number of rotatable bonds is 5. The maximum absolute atomic E-state index is 13.3. The Morgan fingerprint density at radius 2 is 1.84 bits per heavy atom. The lowest BCUT2D eigenvalue weighted by Crippen LogP contribution is -2.28. The summed E-state index contributed by atoms with van der Waals surface area (Å²) in [5.74, 6) is 0.580. The number of hydrogen-bond acceptors (Lipinski definition) is 3. The maximum Gasteiger partial charge on any atom is 0.272 e. The lowest BCUT2D eigenvalue weighted by molar-refractivity contribution is -0.114. The number of carbonyl (C=O) groups excluding carboxylic acids is 2. The van der Waals surface area contributed by atoms with Gasteiger partial charge in [0.15, 0.2) is 0 Å². The van der Waals surface area contributed by atoms with Crippen LogP contribution in [0.1, 0.15) is 60.9 Å². The van der Waals surface area contributed by atoms with E-state index in [1.807, 2.05) is 61.5 Å². The average Bonchev–Trinajstić information content (AvgIpc) is 2.95. The molecule has 2 N–H and O–H groups in total. The molecule has 3 aromatic rings. The third kappa shape index (κ3) is 4.68. The highest BCUT2D eigenvalue weighted by Gasteiger charge is 2.25. The van der Waals surface area contributed by atoms with Gasteiger partial charge in [0.2, 0.25) is 5.91 Å². The fourth-order valence-electron chi connectivity index (χ4n) is 4.15. The minimum absolute atomic E-state index is 0.122. The summed E-state index contributed by atoms with van der Waals surface area (Å²) < 4.78 is 2.22. The van der Waals surface area contributed by atoms with Crippen LogP contribution < -0.4 is 10.6 Å². The molecule has 0 saturated heterocycles. The number of hydrogen-bond donors (Lipinski definition) is 2. The number of fused-ring (bicyclic) bond motifs is 1. The van der Waals surface area contributed by atoms with Crippen molar-refractivity contribution in [2.75, 3.05) is 5.32 Å². The quantitative estimate of drug-likeness (QED) is 0.632. The number of carbonyl (C=O) groups is 2. The van der Waals surface area contributed by atoms with Crippen LogP contribution in [0.2, 0.25) is 0 Å². The molecule has 1 unspecified atom stereocenters. The Balaban J connectivity index is 1.61. The largest absolute Gasteiger partial charge is 0.344 e. The molecule has 2 aromatic carbocycles. The van der Waals surface area contributed by atoms with Crippen LogP contribution in [-0.2, 0) is 17.8 Å². The molecule has 0 spiro atoms. The Bertz CT molecular complexity index is 1090. The smallest absolute Gasteiger partial charge is 0.272 e. The van der Waals surface area contributed by atoms with Gasteiger partial charge in [-0.3, -0.25) is 9.59 Å². The van der Waals surface area contributed by atoms with E-state index in [2.05, 4.69) is 15.2 Å². The standard InChI is InChI=1S/C25H28N4O2/c1-17(20-12-9-13-21(16-20)27-18(2)30)26-25(31)23-22-14-7-4-8-15-29(22)24(28-23)19-10-5-3-6-11-19/h3,5-6,9-13,16-17H,4,7-8,14-15H2,1-2H3,(H,26,31)(H,27,30).